The lowest BCUT2D eigenvalue weighted by atomic mass is 9.59. The summed E-state index contributed by atoms with van der Waals surface area (Å²) in [6.07, 6.45) is 5.14. The van der Waals surface area contributed by atoms with Crippen LogP contribution in [0.3, 0.4) is 0 Å². The molecular formula is C15H22O. The molecule has 16 heavy (non-hydrogen) atoms. The third-order valence-electron chi connectivity index (χ3n) is 5.95. The van der Waals surface area contributed by atoms with Crippen LogP contribution in [-0.2, 0) is 4.79 Å². The van der Waals surface area contributed by atoms with E-state index in [0.717, 1.165) is 24.7 Å². The number of Topliss-reactive ketones (excluding diaryl/α,β-unsaturated/α-hetero) is 1. The van der Waals surface area contributed by atoms with E-state index in [-0.39, 0.29) is 0 Å². The van der Waals surface area contributed by atoms with Gasteiger partial charge in [0.1, 0.15) is 5.78 Å². The molecule has 0 aromatic heterocycles. The van der Waals surface area contributed by atoms with E-state index >= 15 is 0 Å². The van der Waals surface area contributed by atoms with Crippen LogP contribution in [0, 0.1) is 28.6 Å². The predicted molar refractivity (Wildman–Crippen MR) is 65.0 cm³/mol. The Balaban J connectivity index is 2.03. The van der Waals surface area contributed by atoms with Crippen LogP contribution in [0.5, 0.6) is 0 Å². The molecule has 1 nitrogen and oxygen atoms in total. The van der Waals surface area contributed by atoms with E-state index in [4.69, 9.17) is 0 Å². The first-order chi connectivity index (χ1) is 7.38. The standard InChI is InChI=1S/C15H22O/c1-9-7-11(16)8-10-5-6-12-13(14(12,2)3)15(9,10)4/h5,9,12-13H,6-8H2,1-4H3. The molecule has 2 saturated carbocycles. The zero-order valence-electron chi connectivity index (χ0n) is 10.8. The second-order valence-electron chi connectivity index (χ2n) is 6.97. The van der Waals surface area contributed by atoms with Gasteiger partial charge in [0.25, 0.3) is 0 Å². The Labute approximate surface area is 98.3 Å². The van der Waals surface area contributed by atoms with Gasteiger partial charge in [-0.3, -0.25) is 4.79 Å². The van der Waals surface area contributed by atoms with Gasteiger partial charge in [0.15, 0.2) is 0 Å². The van der Waals surface area contributed by atoms with Crippen LogP contribution in [-0.4, -0.2) is 5.78 Å². The molecule has 1 heteroatoms. The number of fused-ring (bicyclic) bond motifs is 3. The van der Waals surface area contributed by atoms with Gasteiger partial charge in [0.2, 0.25) is 0 Å². The van der Waals surface area contributed by atoms with Crippen molar-refractivity contribution in [1.82, 2.24) is 0 Å². The van der Waals surface area contributed by atoms with Gasteiger partial charge in [-0.15, -0.1) is 0 Å². The van der Waals surface area contributed by atoms with Crippen molar-refractivity contribution in [3.05, 3.63) is 11.6 Å². The van der Waals surface area contributed by atoms with Gasteiger partial charge in [0, 0.05) is 12.8 Å². The number of ketones is 1. The number of hydrogen-bond acceptors (Lipinski definition) is 1. The van der Waals surface area contributed by atoms with Crippen LogP contribution in [0.15, 0.2) is 11.6 Å². The topological polar surface area (TPSA) is 17.1 Å². The van der Waals surface area contributed by atoms with Crippen LogP contribution in [0.4, 0.5) is 0 Å². The monoisotopic (exact) mass is 218 g/mol. The van der Waals surface area contributed by atoms with Crippen molar-refractivity contribution in [2.24, 2.45) is 28.6 Å². The largest absolute Gasteiger partial charge is 0.299 e. The van der Waals surface area contributed by atoms with E-state index < -0.39 is 0 Å². The van der Waals surface area contributed by atoms with Crippen LogP contribution in [0.1, 0.15) is 47.0 Å². The number of rotatable bonds is 0. The maximum absolute atomic E-state index is 11.7. The first-order valence-corrected chi connectivity index (χ1v) is 6.59. The molecule has 0 bridgehead atoms. The molecule has 0 saturated heterocycles. The molecule has 3 aliphatic rings. The van der Waals surface area contributed by atoms with Crippen molar-refractivity contribution in [3.63, 3.8) is 0 Å². The van der Waals surface area contributed by atoms with Gasteiger partial charge in [-0.2, -0.15) is 0 Å². The van der Waals surface area contributed by atoms with E-state index in [1.807, 2.05) is 0 Å². The van der Waals surface area contributed by atoms with Gasteiger partial charge in [-0.25, -0.2) is 0 Å². The first kappa shape index (κ1) is 10.6. The molecule has 4 unspecified atom stereocenters. The van der Waals surface area contributed by atoms with Crippen LogP contribution >= 0.6 is 0 Å². The zero-order chi connectivity index (χ0) is 11.7. The summed E-state index contributed by atoms with van der Waals surface area (Å²) in [5, 5.41) is 0. The molecule has 3 rings (SSSR count). The van der Waals surface area contributed by atoms with Crippen molar-refractivity contribution in [2.45, 2.75) is 47.0 Å². The number of allylic oxidation sites excluding steroid dienone is 2. The summed E-state index contributed by atoms with van der Waals surface area (Å²) < 4.78 is 0. The van der Waals surface area contributed by atoms with Gasteiger partial charge in [0.05, 0.1) is 0 Å². The Morgan fingerprint density at radius 2 is 2.00 bits per heavy atom. The minimum absolute atomic E-state index is 0.320. The Hall–Kier alpha value is -0.590. The quantitative estimate of drug-likeness (QED) is 0.568. The number of hydrogen-bond donors (Lipinski definition) is 0. The van der Waals surface area contributed by atoms with Gasteiger partial charge in [-0.05, 0) is 35.0 Å². The van der Waals surface area contributed by atoms with Crippen molar-refractivity contribution in [3.8, 4) is 0 Å². The second kappa shape index (κ2) is 2.80. The minimum atomic E-state index is 0.320. The van der Waals surface area contributed by atoms with Crippen LogP contribution in [0.2, 0.25) is 0 Å². The summed E-state index contributed by atoms with van der Waals surface area (Å²) >= 11 is 0. The fraction of sp³-hybridized carbons (Fsp3) is 0.800. The van der Waals surface area contributed by atoms with E-state index in [2.05, 4.69) is 33.8 Å². The summed E-state index contributed by atoms with van der Waals surface area (Å²) in [5.74, 6) is 2.68. The molecule has 0 N–H and O–H groups in total. The third kappa shape index (κ3) is 1.05. The van der Waals surface area contributed by atoms with Crippen LogP contribution < -0.4 is 0 Å². The van der Waals surface area contributed by atoms with E-state index in [1.54, 1.807) is 0 Å². The molecule has 0 amide bonds. The molecule has 0 aromatic carbocycles. The smallest absolute Gasteiger partial charge is 0.137 e. The maximum atomic E-state index is 11.7. The summed E-state index contributed by atoms with van der Waals surface area (Å²) in [6.45, 7) is 9.52. The van der Waals surface area contributed by atoms with E-state index in [1.165, 1.54) is 12.0 Å². The predicted octanol–water partition coefficient (Wildman–Crippen LogP) is 3.59. The van der Waals surface area contributed by atoms with Crippen LogP contribution in [0.25, 0.3) is 0 Å². The average molecular weight is 218 g/mol. The second-order valence-corrected chi connectivity index (χ2v) is 6.97. The molecule has 0 radical (unpaired) electrons. The molecule has 0 aromatic rings. The fourth-order valence-corrected chi connectivity index (χ4v) is 4.79. The summed E-state index contributed by atoms with van der Waals surface area (Å²) in [7, 11) is 0. The molecule has 3 aliphatic carbocycles. The lowest BCUT2D eigenvalue weighted by Crippen LogP contribution is -2.39. The Morgan fingerprint density at radius 3 is 2.69 bits per heavy atom. The summed E-state index contributed by atoms with van der Waals surface area (Å²) in [5.41, 5.74) is 2.28. The first-order valence-electron chi connectivity index (χ1n) is 6.59. The summed E-state index contributed by atoms with van der Waals surface area (Å²) in [6, 6.07) is 0. The zero-order valence-corrected chi connectivity index (χ0v) is 10.8. The third-order valence-corrected chi connectivity index (χ3v) is 5.95. The fourth-order valence-electron chi connectivity index (χ4n) is 4.79. The lowest BCUT2D eigenvalue weighted by Gasteiger charge is -2.44. The molecule has 0 aliphatic heterocycles. The Bertz CT molecular complexity index is 390. The van der Waals surface area contributed by atoms with Gasteiger partial charge in [-0.1, -0.05) is 39.3 Å². The van der Waals surface area contributed by atoms with E-state index in [9.17, 15) is 4.79 Å². The highest BCUT2D eigenvalue weighted by molar-refractivity contribution is 5.83. The molecule has 2 fully saturated rings. The highest BCUT2D eigenvalue weighted by atomic mass is 16.1. The van der Waals surface area contributed by atoms with Crippen molar-refractivity contribution in [1.29, 1.82) is 0 Å². The van der Waals surface area contributed by atoms with Crippen molar-refractivity contribution >= 4 is 5.78 Å². The van der Waals surface area contributed by atoms with E-state index in [0.29, 0.717) is 22.5 Å². The highest BCUT2D eigenvalue weighted by Gasteiger charge is 2.68. The molecule has 0 heterocycles. The number of carbonyl (C=O) groups excluding carboxylic acids is 1. The Kier molecular flexibility index (Phi) is 1.85. The van der Waals surface area contributed by atoms with Gasteiger partial charge >= 0.3 is 0 Å². The molecular weight excluding hydrogens is 196 g/mol. The Morgan fingerprint density at radius 1 is 1.31 bits per heavy atom. The maximum Gasteiger partial charge on any atom is 0.137 e. The minimum Gasteiger partial charge on any atom is -0.299 e. The van der Waals surface area contributed by atoms with Crippen molar-refractivity contribution in [2.75, 3.05) is 0 Å². The van der Waals surface area contributed by atoms with Gasteiger partial charge < -0.3 is 0 Å². The number of carbonyl (C=O) groups is 1. The lowest BCUT2D eigenvalue weighted by molar-refractivity contribution is -0.122. The highest BCUT2D eigenvalue weighted by Crippen LogP contribution is 2.74. The normalized spacial score (nSPS) is 49.1. The molecule has 0 spiro atoms. The summed E-state index contributed by atoms with van der Waals surface area (Å²) in [4.78, 5) is 11.7. The molecule has 4 atom stereocenters. The SMILES string of the molecule is CC1CC(=O)CC2=CCC3C(C3(C)C)C21C. The average Bonchev–Trinajstić information content (AvgIpc) is 2.73. The van der Waals surface area contributed by atoms with Crippen molar-refractivity contribution < 1.29 is 4.79 Å². The molecule has 88 valence electrons.